The van der Waals surface area contributed by atoms with Crippen LogP contribution in [-0.2, 0) is 4.79 Å². The summed E-state index contributed by atoms with van der Waals surface area (Å²) >= 11 is 0. The average Bonchev–Trinajstić information content (AvgIpc) is 2.04. The fourth-order valence-corrected chi connectivity index (χ4v) is 1.08. The lowest BCUT2D eigenvalue weighted by atomic mass is 9.96. The van der Waals surface area contributed by atoms with E-state index in [2.05, 4.69) is 11.2 Å². The maximum atomic E-state index is 11.4. The smallest absolute Gasteiger partial charge is 0.239 e. The molecule has 0 aliphatic heterocycles. The molecule has 0 bridgehead atoms. The Hall–Kier alpha value is -1.01. The minimum Gasteiger partial charge on any atom is -0.354 e. The van der Waals surface area contributed by atoms with Crippen LogP contribution in [0.15, 0.2) is 0 Å². The molecule has 0 radical (unpaired) electrons. The summed E-state index contributed by atoms with van der Waals surface area (Å²) in [7, 11) is 0. The highest BCUT2D eigenvalue weighted by atomic mass is 16.2. The maximum absolute atomic E-state index is 11.4. The Morgan fingerprint density at radius 2 is 2.31 bits per heavy atom. The molecule has 0 rings (SSSR count). The van der Waals surface area contributed by atoms with Gasteiger partial charge in [-0.05, 0) is 13.3 Å². The summed E-state index contributed by atoms with van der Waals surface area (Å²) in [4.78, 5) is 11.4. The molecule has 3 N–H and O–H groups in total. The Morgan fingerprint density at radius 3 is 2.77 bits per heavy atom. The Bertz CT molecular complexity index is 203. The summed E-state index contributed by atoms with van der Waals surface area (Å²) in [5, 5.41) is 2.70. The summed E-state index contributed by atoms with van der Waals surface area (Å²) in [6.45, 7) is 4.24. The van der Waals surface area contributed by atoms with E-state index in [1.54, 1.807) is 6.92 Å². The molecule has 0 aliphatic carbocycles. The molecule has 3 nitrogen and oxygen atoms in total. The normalized spacial score (nSPS) is 14.3. The third-order valence-electron chi connectivity index (χ3n) is 1.84. The molecule has 1 unspecified atom stereocenters. The molecule has 0 aliphatic rings. The van der Waals surface area contributed by atoms with E-state index >= 15 is 0 Å². The highest BCUT2D eigenvalue weighted by Crippen LogP contribution is 2.07. The molecule has 0 aromatic carbocycles. The Labute approximate surface area is 80.1 Å². The van der Waals surface area contributed by atoms with Crippen LogP contribution < -0.4 is 11.1 Å². The molecule has 0 fully saturated rings. The molecule has 0 heterocycles. The van der Waals surface area contributed by atoms with E-state index in [1.807, 2.05) is 6.92 Å². The lowest BCUT2D eigenvalue weighted by Crippen LogP contribution is -2.51. The van der Waals surface area contributed by atoms with Gasteiger partial charge in [0.25, 0.3) is 0 Å². The Balaban J connectivity index is 3.88. The van der Waals surface area contributed by atoms with Gasteiger partial charge in [0.05, 0.1) is 5.54 Å². The summed E-state index contributed by atoms with van der Waals surface area (Å²) in [6, 6.07) is 0. The summed E-state index contributed by atoms with van der Waals surface area (Å²) in [6.07, 6.45) is 7.19. The van der Waals surface area contributed by atoms with Crippen LogP contribution in [-0.4, -0.2) is 18.0 Å². The zero-order valence-electron chi connectivity index (χ0n) is 8.39. The third kappa shape index (κ3) is 4.54. The summed E-state index contributed by atoms with van der Waals surface area (Å²) < 4.78 is 0. The SMILES string of the molecule is C#CCCNC(=O)C(C)(N)CCC. The molecule has 1 amide bonds. The quantitative estimate of drug-likeness (QED) is 0.484. The number of carbonyl (C=O) groups is 1. The lowest BCUT2D eigenvalue weighted by molar-refractivity contribution is -0.125. The number of nitrogens with one attached hydrogen (secondary N) is 1. The predicted octanol–water partition coefficient (Wildman–Crippen LogP) is 0.643. The van der Waals surface area contributed by atoms with Gasteiger partial charge in [0.1, 0.15) is 0 Å². The summed E-state index contributed by atoms with van der Waals surface area (Å²) in [5.74, 6) is 2.33. The van der Waals surface area contributed by atoms with Gasteiger partial charge in [-0.15, -0.1) is 12.3 Å². The molecule has 13 heavy (non-hydrogen) atoms. The fraction of sp³-hybridized carbons (Fsp3) is 0.700. The van der Waals surface area contributed by atoms with Crippen LogP contribution in [0.3, 0.4) is 0 Å². The first kappa shape index (κ1) is 12.0. The number of rotatable bonds is 5. The first-order valence-electron chi connectivity index (χ1n) is 4.55. The van der Waals surface area contributed by atoms with Crippen LogP contribution in [0.4, 0.5) is 0 Å². The van der Waals surface area contributed by atoms with Crippen molar-refractivity contribution in [2.45, 2.75) is 38.6 Å². The van der Waals surface area contributed by atoms with Crippen molar-refractivity contribution >= 4 is 5.91 Å². The second-order valence-corrected chi connectivity index (χ2v) is 3.38. The number of carbonyl (C=O) groups excluding carboxylic acids is 1. The largest absolute Gasteiger partial charge is 0.354 e. The molecule has 0 aromatic rings. The van der Waals surface area contributed by atoms with Crippen molar-refractivity contribution < 1.29 is 4.79 Å². The molecule has 74 valence electrons. The predicted molar refractivity (Wildman–Crippen MR) is 54.0 cm³/mol. The fourth-order valence-electron chi connectivity index (χ4n) is 1.08. The van der Waals surface area contributed by atoms with Gasteiger partial charge in [0, 0.05) is 13.0 Å². The van der Waals surface area contributed by atoms with Gasteiger partial charge < -0.3 is 11.1 Å². The molecule has 0 spiro atoms. The Morgan fingerprint density at radius 1 is 1.69 bits per heavy atom. The highest BCUT2D eigenvalue weighted by Gasteiger charge is 2.26. The van der Waals surface area contributed by atoms with Crippen LogP contribution in [0.2, 0.25) is 0 Å². The Kier molecular flexibility index (Phi) is 5.17. The molecular formula is C10H18N2O. The minimum atomic E-state index is -0.761. The maximum Gasteiger partial charge on any atom is 0.239 e. The van der Waals surface area contributed by atoms with Crippen LogP contribution >= 0.6 is 0 Å². The standard InChI is InChI=1S/C10H18N2O/c1-4-6-8-12-9(13)10(3,11)7-5-2/h1H,5-8,11H2,2-3H3,(H,12,13). The first-order valence-corrected chi connectivity index (χ1v) is 4.55. The van der Waals surface area contributed by atoms with Crippen LogP contribution in [0.5, 0.6) is 0 Å². The monoisotopic (exact) mass is 182 g/mol. The topological polar surface area (TPSA) is 55.1 Å². The van der Waals surface area contributed by atoms with Gasteiger partial charge in [-0.3, -0.25) is 4.79 Å². The van der Waals surface area contributed by atoms with Gasteiger partial charge in [-0.2, -0.15) is 0 Å². The molecule has 3 heteroatoms. The number of terminal acetylenes is 1. The van der Waals surface area contributed by atoms with Crippen molar-refractivity contribution in [3.8, 4) is 12.3 Å². The van der Waals surface area contributed by atoms with Gasteiger partial charge in [-0.25, -0.2) is 0 Å². The van der Waals surface area contributed by atoms with Crippen molar-refractivity contribution in [1.29, 1.82) is 0 Å². The zero-order chi connectivity index (χ0) is 10.3. The van der Waals surface area contributed by atoms with E-state index in [0.29, 0.717) is 19.4 Å². The molecule has 0 saturated carbocycles. The molecule has 0 aromatic heterocycles. The van der Waals surface area contributed by atoms with E-state index in [9.17, 15) is 4.79 Å². The van der Waals surface area contributed by atoms with E-state index in [0.717, 1.165) is 6.42 Å². The molecule has 0 saturated heterocycles. The minimum absolute atomic E-state index is 0.121. The number of hydrogen-bond donors (Lipinski definition) is 2. The second-order valence-electron chi connectivity index (χ2n) is 3.38. The van der Waals surface area contributed by atoms with Gasteiger partial charge in [0.15, 0.2) is 0 Å². The average molecular weight is 182 g/mol. The summed E-state index contributed by atoms with van der Waals surface area (Å²) in [5.41, 5.74) is 5.03. The van der Waals surface area contributed by atoms with Crippen molar-refractivity contribution in [2.75, 3.05) is 6.54 Å². The number of hydrogen-bond acceptors (Lipinski definition) is 2. The zero-order valence-corrected chi connectivity index (χ0v) is 8.39. The van der Waals surface area contributed by atoms with Crippen LogP contribution in [0.1, 0.15) is 33.1 Å². The van der Waals surface area contributed by atoms with E-state index in [-0.39, 0.29) is 5.91 Å². The van der Waals surface area contributed by atoms with Crippen molar-refractivity contribution in [3.05, 3.63) is 0 Å². The third-order valence-corrected chi connectivity index (χ3v) is 1.84. The highest BCUT2D eigenvalue weighted by molar-refractivity contribution is 5.85. The van der Waals surface area contributed by atoms with Crippen molar-refractivity contribution in [2.24, 2.45) is 5.73 Å². The number of amides is 1. The molecular weight excluding hydrogens is 164 g/mol. The first-order chi connectivity index (χ1) is 6.04. The van der Waals surface area contributed by atoms with Crippen LogP contribution in [0, 0.1) is 12.3 Å². The van der Waals surface area contributed by atoms with E-state index < -0.39 is 5.54 Å². The van der Waals surface area contributed by atoms with Crippen molar-refractivity contribution in [3.63, 3.8) is 0 Å². The van der Waals surface area contributed by atoms with Gasteiger partial charge in [0.2, 0.25) is 5.91 Å². The van der Waals surface area contributed by atoms with Crippen LogP contribution in [0.25, 0.3) is 0 Å². The van der Waals surface area contributed by atoms with Gasteiger partial charge in [-0.1, -0.05) is 13.3 Å². The van der Waals surface area contributed by atoms with Gasteiger partial charge >= 0.3 is 0 Å². The number of nitrogens with two attached hydrogens (primary N) is 1. The lowest BCUT2D eigenvalue weighted by Gasteiger charge is -2.22. The van der Waals surface area contributed by atoms with E-state index in [1.165, 1.54) is 0 Å². The van der Waals surface area contributed by atoms with Crippen molar-refractivity contribution in [1.82, 2.24) is 5.32 Å². The van der Waals surface area contributed by atoms with E-state index in [4.69, 9.17) is 12.2 Å². The second kappa shape index (κ2) is 5.60. The molecule has 1 atom stereocenters.